The molecule has 0 saturated carbocycles. The van der Waals surface area contributed by atoms with Crippen molar-refractivity contribution in [1.82, 2.24) is 4.90 Å². The molecule has 4 rings (SSSR count). The van der Waals surface area contributed by atoms with Gasteiger partial charge in [0.25, 0.3) is 5.91 Å². The van der Waals surface area contributed by atoms with Crippen molar-refractivity contribution in [2.75, 3.05) is 38.2 Å². The molecule has 0 radical (unpaired) electrons. The zero-order valence-corrected chi connectivity index (χ0v) is 17.5. The summed E-state index contributed by atoms with van der Waals surface area (Å²) in [6.45, 7) is 2.27. The van der Waals surface area contributed by atoms with Crippen LogP contribution in [0, 0.1) is 5.82 Å². The minimum Gasteiger partial charge on any atom is -0.497 e. The summed E-state index contributed by atoms with van der Waals surface area (Å²) in [6.07, 6.45) is 1.92. The fourth-order valence-corrected chi connectivity index (χ4v) is 3.78. The van der Waals surface area contributed by atoms with E-state index in [1.165, 1.54) is 6.07 Å². The summed E-state index contributed by atoms with van der Waals surface area (Å²) in [4.78, 5) is 17.3. The van der Waals surface area contributed by atoms with Gasteiger partial charge in [0.2, 0.25) is 0 Å². The van der Waals surface area contributed by atoms with Crippen LogP contribution in [0.15, 0.2) is 78.9 Å². The van der Waals surface area contributed by atoms with Crippen LogP contribution in [0.4, 0.5) is 10.1 Å². The number of carbonyl (C=O) groups is 1. The van der Waals surface area contributed by atoms with Gasteiger partial charge in [0.15, 0.2) is 0 Å². The first kappa shape index (κ1) is 20.7. The molecule has 0 unspecified atom stereocenters. The molecule has 0 bridgehead atoms. The van der Waals surface area contributed by atoms with E-state index >= 15 is 0 Å². The Bertz CT molecular complexity index is 1060. The summed E-state index contributed by atoms with van der Waals surface area (Å²) in [6, 6.07) is 24.1. The van der Waals surface area contributed by atoms with Crippen LogP contribution in [0.5, 0.6) is 5.75 Å². The van der Waals surface area contributed by atoms with E-state index in [1.807, 2.05) is 76.5 Å². The molecule has 3 aromatic rings. The molecule has 5 heteroatoms. The normalized spacial score (nSPS) is 14.5. The van der Waals surface area contributed by atoms with Crippen molar-refractivity contribution in [3.8, 4) is 5.75 Å². The van der Waals surface area contributed by atoms with Gasteiger partial charge in [-0.1, -0.05) is 54.6 Å². The molecular weight excluding hydrogens is 391 g/mol. The Labute approximate surface area is 182 Å². The maximum atomic E-state index is 14.1. The lowest BCUT2D eigenvalue weighted by Crippen LogP contribution is -2.49. The molecule has 0 aliphatic carbocycles. The summed E-state index contributed by atoms with van der Waals surface area (Å²) < 4.78 is 19.4. The number of amides is 1. The van der Waals surface area contributed by atoms with Crippen LogP contribution in [-0.2, 0) is 4.79 Å². The number of nitrogens with zero attached hydrogens (tertiary/aromatic N) is 2. The Hall–Kier alpha value is -3.60. The number of ether oxygens (including phenoxy) is 1. The highest BCUT2D eigenvalue weighted by atomic mass is 19.1. The molecule has 4 nitrogen and oxygen atoms in total. The van der Waals surface area contributed by atoms with E-state index in [0.717, 1.165) is 16.9 Å². The van der Waals surface area contributed by atoms with Crippen LogP contribution in [0.25, 0.3) is 11.6 Å². The summed E-state index contributed by atoms with van der Waals surface area (Å²) >= 11 is 0. The highest BCUT2D eigenvalue weighted by molar-refractivity contribution is 6.24. The van der Waals surface area contributed by atoms with Gasteiger partial charge in [0, 0.05) is 31.8 Å². The van der Waals surface area contributed by atoms with Crippen molar-refractivity contribution in [3.63, 3.8) is 0 Å². The zero-order chi connectivity index (χ0) is 21.6. The summed E-state index contributed by atoms with van der Waals surface area (Å²) in [5.74, 6) is 0.524. The molecule has 1 amide bonds. The van der Waals surface area contributed by atoms with Gasteiger partial charge in [-0.05, 0) is 41.5 Å². The number of para-hydroxylation sites is 1. The van der Waals surface area contributed by atoms with Crippen molar-refractivity contribution in [2.24, 2.45) is 0 Å². The van der Waals surface area contributed by atoms with E-state index in [0.29, 0.717) is 37.4 Å². The molecule has 158 valence electrons. The van der Waals surface area contributed by atoms with Gasteiger partial charge in [-0.3, -0.25) is 4.79 Å². The molecule has 0 spiro atoms. The Morgan fingerprint density at radius 2 is 1.52 bits per heavy atom. The first-order valence-electron chi connectivity index (χ1n) is 10.4. The zero-order valence-electron chi connectivity index (χ0n) is 17.5. The Balaban J connectivity index is 1.55. The second-order valence-electron chi connectivity index (χ2n) is 7.43. The number of carbonyl (C=O) groups excluding carboxylic acids is 1. The van der Waals surface area contributed by atoms with Crippen LogP contribution in [-0.4, -0.2) is 44.1 Å². The molecule has 0 atom stereocenters. The highest BCUT2D eigenvalue weighted by Gasteiger charge is 2.25. The molecule has 31 heavy (non-hydrogen) atoms. The molecule has 0 aromatic heterocycles. The van der Waals surface area contributed by atoms with Gasteiger partial charge in [-0.15, -0.1) is 0 Å². The third kappa shape index (κ3) is 4.77. The monoisotopic (exact) mass is 416 g/mol. The number of hydrogen-bond acceptors (Lipinski definition) is 3. The van der Waals surface area contributed by atoms with E-state index < -0.39 is 0 Å². The van der Waals surface area contributed by atoms with Crippen LogP contribution in [0.2, 0.25) is 0 Å². The third-order valence-corrected chi connectivity index (χ3v) is 5.50. The Morgan fingerprint density at radius 1 is 0.871 bits per heavy atom. The predicted octanol–water partition coefficient (Wildman–Crippen LogP) is 4.72. The van der Waals surface area contributed by atoms with Crippen molar-refractivity contribution in [2.45, 2.75) is 0 Å². The van der Waals surface area contributed by atoms with Crippen LogP contribution in [0.1, 0.15) is 11.1 Å². The number of benzene rings is 3. The molecule has 1 heterocycles. The van der Waals surface area contributed by atoms with Gasteiger partial charge < -0.3 is 14.5 Å². The maximum Gasteiger partial charge on any atom is 0.254 e. The highest BCUT2D eigenvalue weighted by Crippen LogP contribution is 2.25. The fourth-order valence-electron chi connectivity index (χ4n) is 3.78. The Morgan fingerprint density at radius 3 is 2.16 bits per heavy atom. The van der Waals surface area contributed by atoms with E-state index in [1.54, 1.807) is 19.2 Å². The Kier molecular flexibility index (Phi) is 6.32. The number of anilines is 1. The van der Waals surface area contributed by atoms with Gasteiger partial charge >= 0.3 is 0 Å². The largest absolute Gasteiger partial charge is 0.497 e. The topological polar surface area (TPSA) is 32.8 Å². The lowest BCUT2D eigenvalue weighted by molar-refractivity contribution is -0.125. The number of halogens is 1. The first-order valence-corrected chi connectivity index (χ1v) is 10.4. The quantitative estimate of drug-likeness (QED) is 0.446. The fraction of sp³-hybridized carbons (Fsp3) is 0.192. The van der Waals surface area contributed by atoms with E-state index in [-0.39, 0.29) is 11.7 Å². The predicted molar refractivity (Wildman–Crippen MR) is 123 cm³/mol. The SMILES string of the molecule is COc1ccc(/C=C(/C(=O)N2CCN(c3ccccc3F)CC2)c2ccccc2)cc1. The summed E-state index contributed by atoms with van der Waals surface area (Å²) in [5.41, 5.74) is 3.04. The minimum absolute atomic E-state index is 0.0183. The van der Waals surface area contributed by atoms with Gasteiger partial charge in [-0.25, -0.2) is 4.39 Å². The first-order chi connectivity index (χ1) is 15.2. The standard InChI is InChI=1S/C26H25FN2O2/c1-31-22-13-11-20(12-14-22)19-23(21-7-3-2-4-8-21)26(30)29-17-15-28(16-18-29)25-10-6-5-9-24(25)27/h2-14,19H,15-18H2,1H3/b23-19+. The molecule has 3 aromatic carbocycles. The van der Waals surface area contributed by atoms with Crippen LogP contribution in [0.3, 0.4) is 0 Å². The van der Waals surface area contributed by atoms with Crippen molar-refractivity contribution in [3.05, 3.63) is 95.8 Å². The summed E-state index contributed by atoms with van der Waals surface area (Å²) in [5, 5.41) is 0. The second-order valence-corrected chi connectivity index (χ2v) is 7.43. The minimum atomic E-state index is -0.230. The van der Waals surface area contributed by atoms with E-state index in [2.05, 4.69) is 0 Å². The molecule has 1 aliphatic rings. The molecular formula is C26H25FN2O2. The van der Waals surface area contributed by atoms with Crippen molar-refractivity contribution in [1.29, 1.82) is 0 Å². The molecule has 1 saturated heterocycles. The van der Waals surface area contributed by atoms with E-state index in [9.17, 15) is 9.18 Å². The van der Waals surface area contributed by atoms with Crippen LogP contribution >= 0.6 is 0 Å². The number of piperazine rings is 1. The summed E-state index contributed by atoms with van der Waals surface area (Å²) in [7, 11) is 1.63. The van der Waals surface area contributed by atoms with Gasteiger partial charge in [-0.2, -0.15) is 0 Å². The number of hydrogen-bond donors (Lipinski definition) is 0. The van der Waals surface area contributed by atoms with Gasteiger partial charge in [0.1, 0.15) is 11.6 Å². The average molecular weight is 416 g/mol. The van der Waals surface area contributed by atoms with Crippen LogP contribution < -0.4 is 9.64 Å². The average Bonchev–Trinajstić information content (AvgIpc) is 2.83. The number of rotatable bonds is 5. The van der Waals surface area contributed by atoms with Crippen molar-refractivity contribution >= 4 is 23.2 Å². The molecule has 1 fully saturated rings. The van der Waals surface area contributed by atoms with Crippen molar-refractivity contribution < 1.29 is 13.9 Å². The lowest BCUT2D eigenvalue weighted by atomic mass is 10.0. The molecule has 1 aliphatic heterocycles. The molecule has 0 N–H and O–H groups in total. The van der Waals surface area contributed by atoms with E-state index in [4.69, 9.17) is 4.74 Å². The van der Waals surface area contributed by atoms with Gasteiger partial charge in [0.05, 0.1) is 12.8 Å². The second kappa shape index (κ2) is 9.47. The lowest BCUT2D eigenvalue weighted by Gasteiger charge is -2.36. The smallest absolute Gasteiger partial charge is 0.254 e. The maximum absolute atomic E-state index is 14.1. The third-order valence-electron chi connectivity index (χ3n) is 5.50. The number of methoxy groups -OCH3 is 1.